The summed E-state index contributed by atoms with van der Waals surface area (Å²) < 4.78 is 11.1. The van der Waals surface area contributed by atoms with E-state index in [2.05, 4.69) is 5.32 Å². The maximum Gasteiger partial charge on any atom is 0.407 e. The number of halogens is 1. The van der Waals surface area contributed by atoms with Gasteiger partial charge in [-0.3, -0.25) is 0 Å². The normalized spacial score (nSPS) is 12.5. The van der Waals surface area contributed by atoms with Crippen LogP contribution in [-0.4, -0.2) is 35.4 Å². The summed E-state index contributed by atoms with van der Waals surface area (Å²) in [5.41, 5.74) is -0.577. The lowest BCUT2D eigenvalue weighted by atomic mass is 10.1. The molecule has 2 N–H and O–H groups in total. The van der Waals surface area contributed by atoms with Gasteiger partial charge in [0, 0.05) is 10.4 Å². The number of nitrogens with one attached hydrogen (secondary N) is 1. The molecular weight excluding hydrogens is 370 g/mol. The second-order valence-corrected chi connectivity index (χ2v) is 7.55. The van der Waals surface area contributed by atoms with E-state index in [-0.39, 0.29) is 17.9 Å². The minimum Gasteiger partial charge on any atom is -0.488 e. The first-order valence-electron chi connectivity index (χ1n) is 8.69. The molecule has 0 spiro atoms. The van der Waals surface area contributed by atoms with Crippen molar-refractivity contribution in [1.82, 2.24) is 5.32 Å². The number of aromatic carboxylic acids is 1. The van der Waals surface area contributed by atoms with Crippen LogP contribution < -0.4 is 10.1 Å². The van der Waals surface area contributed by atoms with Crippen molar-refractivity contribution in [3.63, 3.8) is 0 Å². The number of ether oxygens (including phenoxy) is 2. The van der Waals surface area contributed by atoms with Crippen LogP contribution in [0.15, 0.2) is 30.3 Å². The Bertz CT molecular complexity index is 844. The summed E-state index contributed by atoms with van der Waals surface area (Å²) in [4.78, 5) is 23.5. The first-order valence-corrected chi connectivity index (χ1v) is 9.07. The minimum atomic E-state index is -1.11. The Kier molecular flexibility index (Phi) is 6.54. The van der Waals surface area contributed by atoms with Gasteiger partial charge in [0.05, 0.1) is 6.54 Å². The Morgan fingerprint density at radius 3 is 2.56 bits per heavy atom. The van der Waals surface area contributed by atoms with Crippen molar-refractivity contribution < 1.29 is 24.2 Å². The first kappa shape index (κ1) is 20.8. The first-order chi connectivity index (χ1) is 12.6. The van der Waals surface area contributed by atoms with E-state index in [1.165, 1.54) is 6.07 Å². The van der Waals surface area contributed by atoms with Crippen LogP contribution in [0.3, 0.4) is 0 Å². The van der Waals surface area contributed by atoms with Gasteiger partial charge in [0.25, 0.3) is 0 Å². The molecule has 0 saturated carbocycles. The van der Waals surface area contributed by atoms with E-state index >= 15 is 0 Å². The molecule has 1 atom stereocenters. The summed E-state index contributed by atoms with van der Waals surface area (Å²) in [6.07, 6.45) is -0.386. The quantitative estimate of drug-likeness (QED) is 0.731. The number of hydrogen-bond acceptors (Lipinski definition) is 4. The monoisotopic (exact) mass is 393 g/mol. The number of benzene rings is 2. The van der Waals surface area contributed by atoms with Crippen LogP contribution in [0.2, 0.25) is 5.02 Å². The third-order valence-electron chi connectivity index (χ3n) is 3.78. The summed E-state index contributed by atoms with van der Waals surface area (Å²) in [6, 6.07) is 8.48. The standard InChI is InChI=1S/C20H24ClNO5/c1-5-13(11-22-19(25)27-20(2,3)4)26-17-9-12-7-6-8-16(21)14(12)10-15(17)18(23)24/h6-10,13H,5,11H2,1-4H3,(H,22,25)(H,23,24)/t13-/m1/s1. The largest absolute Gasteiger partial charge is 0.488 e. The molecule has 146 valence electrons. The molecule has 0 heterocycles. The van der Waals surface area contributed by atoms with Crippen molar-refractivity contribution in [2.24, 2.45) is 0 Å². The summed E-state index contributed by atoms with van der Waals surface area (Å²) in [5, 5.41) is 14.1. The summed E-state index contributed by atoms with van der Waals surface area (Å²) in [6.45, 7) is 7.41. The zero-order valence-corrected chi connectivity index (χ0v) is 16.6. The highest BCUT2D eigenvalue weighted by Gasteiger charge is 2.20. The number of carbonyl (C=O) groups excluding carboxylic acids is 1. The van der Waals surface area contributed by atoms with Crippen LogP contribution in [0.4, 0.5) is 4.79 Å². The Morgan fingerprint density at radius 2 is 1.96 bits per heavy atom. The van der Waals surface area contributed by atoms with E-state index in [0.29, 0.717) is 16.8 Å². The molecule has 6 nitrogen and oxygen atoms in total. The van der Waals surface area contributed by atoms with Crippen LogP contribution in [-0.2, 0) is 4.74 Å². The van der Waals surface area contributed by atoms with E-state index in [4.69, 9.17) is 21.1 Å². The van der Waals surface area contributed by atoms with Crippen molar-refractivity contribution in [2.75, 3.05) is 6.54 Å². The Balaban J connectivity index is 2.20. The van der Waals surface area contributed by atoms with E-state index < -0.39 is 23.8 Å². The van der Waals surface area contributed by atoms with Gasteiger partial charge >= 0.3 is 12.1 Å². The molecule has 0 aliphatic rings. The zero-order valence-electron chi connectivity index (χ0n) is 15.8. The molecule has 0 aromatic heterocycles. The number of carbonyl (C=O) groups is 2. The average Bonchev–Trinajstić information content (AvgIpc) is 2.56. The highest BCUT2D eigenvalue weighted by atomic mass is 35.5. The average molecular weight is 394 g/mol. The molecule has 7 heteroatoms. The van der Waals surface area contributed by atoms with Gasteiger partial charge in [-0.2, -0.15) is 0 Å². The van der Waals surface area contributed by atoms with E-state index in [1.54, 1.807) is 39.0 Å². The Labute approximate surface area is 163 Å². The summed E-state index contributed by atoms with van der Waals surface area (Å²) in [7, 11) is 0. The number of carboxylic acid groups (broad SMARTS) is 1. The van der Waals surface area contributed by atoms with Crippen molar-refractivity contribution in [3.8, 4) is 5.75 Å². The van der Waals surface area contributed by atoms with Crippen molar-refractivity contribution >= 4 is 34.4 Å². The Hall–Kier alpha value is -2.47. The fourth-order valence-electron chi connectivity index (χ4n) is 2.49. The molecule has 0 fully saturated rings. The second-order valence-electron chi connectivity index (χ2n) is 7.15. The molecule has 0 radical (unpaired) electrons. The molecule has 1 amide bonds. The number of carboxylic acids is 1. The van der Waals surface area contributed by atoms with Crippen molar-refractivity contribution in [2.45, 2.75) is 45.8 Å². The fraction of sp³-hybridized carbons (Fsp3) is 0.400. The number of rotatable bonds is 6. The van der Waals surface area contributed by atoms with Crippen molar-refractivity contribution in [1.29, 1.82) is 0 Å². The highest BCUT2D eigenvalue weighted by molar-refractivity contribution is 6.35. The van der Waals surface area contributed by atoms with Gasteiger partial charge in [0.2, 0.25) is 0 Å². The molecule has 0 unspecified atom stereocenters. The smallest absolute Gasteiger partial charge is 0.407 e. The molecule has 0 aliphatic heterocycles. The van der Waals surface area contributed by atoms with Crippen molar-refractivity contribution in [3.05, 3.63) is 40.9 Å². The molecule has 2 aromatic rings. The molecule has 0 aliphatic carbocycles. The number of alkyl carbamates (subject to hydrolysis) is 1. The molecule has 2 aromatic carbocycles. The van der Waals surface area contributed by atoms with E-state index in [0.717, 1.165) is 5.39 Å². The molecule has 2 rings (SSSR count). The van der Waals surface area contributed by atoms with Gasteiger partial charge in [-0.25, -0.2) is 9.59 Å². The lowest BCUT2D eigenvalue weighted by Crippen LogP contribution is -2.38. The molecule has 0 saturated heterocycles. The predicted octanol–water partition coefficient (Wildman–Crippen LogP) is 4.87. The third-order valence-corrected chi connectivity index (χ3v) is 4.11. The van der Waals surface area contributed by atoms with Crippen LogP contribution >= 0.6 is 11.6 Å². The fourth-order valence-corrected chi connectivity index (χ4v) is 2.73. The van der Waals surface area contributed by atoms with E-state index in [1.807, 2.05) is 13.0 Å². The number of fused-ring (bicyclic) bond motifs is 1. The van der Waals surface area contributed by atoms with Gasteiger partial charge in [-0.05, 0) is 50.8 Å². The SMILES string of the molecule is CC[C@H](CNC(=O)OC(C)(C)C)Oc1cc2cccc(Cl)c2cc1C(=O)O. The molecule has 0 bridgehead atoms. The second kappa shape index (κ2) is 8.48. The third kappa shape index (κ3) is 5.76. The molecule has 27 heavy (non-hydrogen) atoms. The van der Waals surface area contributed by atoms with Gasteiger partial charge in [-0.15, -0.1) is 0 Å². The Morgan fingerprint density at radius 1 is 1.26 bits per heavy atom. The lowest BCUT2D eigenvalue weighted by Gasteiger charge is -2.23. The topological polar surface area (TPSA) is 84.9 Å². The number of hydrogen-bond donors (Lipinski definition) is 2. The van der Waals surface area contributed by atoms with Gasteiger partial charge < -0.3 is 19.9 Å². The maximum atomic E-state index is 11.8. The lowest BCUT2D eigenvalue weighted by molar-refractivity contribution is 0.0496. The summed E-state index contributed by atoms with van der Waals surface area (Å²) in [5.74, 6) is -0.878. The van der Waals surface area contributed by atoms with Crippen LogP contribution in [0.5, 0.6) is 5.75 Å². The minimum absolute atomic E-state index is 0.0197. The maximum absolute atomic E-state index is 11.8. The predicted molar refractivity (Wildman–Crippen MR) is 105 cm³/mol. The van der Waals surface area contributed by atoms with Gasteiger partial charge in [-0.1, -0.05) is 30.7 Å². The van der Waals surface area contributed by atoms with Crippen LogP contribution in [0.25, 0.3) is 10.8 Å². The molecular formula is C20H24ClNO5. The van der Waals surface area contributed by atoms with Gasteiger partial charge in [0.1, 0.15) is 23.0 Å². The van der Waals surface area contributed by atoms with Gasteiger partial charge in [0.15, 0.2) is 0 Å². The summed E-state index contributed by atoms with van der Waals surface area (Å²) >= 11 is 6.16. The zero-order chi connectivity index (χ0) is 20.2. The van der Waals surface area contributed by atoms with E-state index in [9.17, 15) is 14.7 Å². The van der Waals surface area contributed by atoms with Crippen LogP contribution in [0.1, 0.15) is 44.5 Å². The number of amides is 1. The van der Waals surface area contributed by atoms with Crippen LogP contribution in [0, 0.1) is 0 Å². The highest BCUT2D eigenvalue weighted by Crippen LogP contribution is 2.31.